The van der Waals surface area contributed by atoms with Crippen molar-refractivity contribution in [3.8, 4) is 5.69 Å². The van der Waals surface area contributed by atoms with Crippen molar-refractivity contribution >= 4 is 17.7 Å². The van der Waals surface area contributed by atoms with Crippen LogP contribution in [0.15, 0.2) is 43.0 Å². The van der Waals surface area contributed by atoms with Crippen LogP contribution in [0.5, 0.6) is 0 Å². The zero-order chi connectivity index (χ0) is 14.9. The molecule has 3 heterocycles. The minimum Gasteiger partial charge on any atom is -0.338 e. The highest BCUT2D eigenvalue weighted by molar-refractivity contribution is 7.99. The fraction of sp³-hybridized carbons (Fsp3) is 0.412. The lowest BCUT2D eigenvalue weighted by Gasteiger charge is -2.41. The Morgan fingerprint density at radius 2 is 1.86 bits per heavy atom. The predicted molar refractivity (Wildman–Crippen MR) is 88.4 cm³/mol. The summed E-state index contributed by atoms with van der Waals surface area (Å²) in [6.45, 7) is 1.84. The summed E-state index contributed by atoms with van der Waals surface area (Å²) in [6.07, 6.45) is 6.72. The number of carbonyl (C=O) groups is 1. The molecule has 4 rings (SSSR count). The van der Waals surface area contributed by atoms with Gasteiger partial charge in [0.2, 0.25) is 0 Å². The van der Waals surface area contributed by atoms with Crippen LogP contribution in [0.1, 0.15) is 16.8 Å². The third-order valence-corrected chi connectivity index (χ3v) is 5.95. The molecule has 2 aliphatic heterocycles. The molecule has 114 valence electrons. The van der Waals surface area contributed by atoms with Crippen LogP contribution < -0.4 is 0 Å². The van der Waals surface area contributed by atoms with E-state index in [1.165, 1.54) is 17.9 Å². The normalized spacial score (nSPS) is 24.3. The van der Waals surface area contributed by atoms with Gasteiger partial charge in [0.25, 0.3) is 5.91 Å². The summed E-state index contributed by atoms with van der Waals surface area (Å²) in [5.41, 5.74) is 1.82. The molecule has 1 amide bonds. The summed E-state index contributed by atoms with van der Waals surface area (Å²) >= 11 is 2.05. The minimum absolute atomic E-state index is 0.179. The second-order valence-corrected chi connectivity index (χ2v) is 7.31. The standard InChI is InChI=1S/C17H19N3OS/c21-17(20-8-13-7-14(9-20)11-22-10-13)15-1-3-16(4-2-15)19-6-5-18-12-19/h1-6,12-14H,7-11H2. The summed E-state index contributed by atoms with van der Waals surface area (Å²) in [5, 5.41) is 0. The number of thioether (sulfide) groups is 1. The molecular formula is C17H19N3OS. The first-order valence-corrected chi connectivity index (χ1v) is 8.90. The lowest BCUT2D eigenvalue weighted by Crippen LogP contribution is -2.47. The van der Waals surface area contributed by atoms with Crippen LogP contribution >= 0.6 is 11.8 Å². The van der Waals surface area contributed by atoms with Gasteiger partial charge < -0.3 is 9.47 Å². The summed E-state index contributed by atoms with van der Waals surface area (Å²) in [5.74, 6) is 3.97. The van der Waals surface area contributed by atoms with E-state index in [4.69, 9.17) is 0 Å². The largest absolute Gasteiger partial charge is 0.338 e. The maximum absolute atomic E-state index is 12.7. The third-order valence-electron chi connectivity index (χ3n) is 4.53. The van der Waals surface area contributed by atoms with E-state index < -0.39 is 0 Å². The van der Waals surface area contributed by atoms with Crippen molar-refractivity contribution in [3.63, 3.8) is 0 Å². The number of hydrogen-bond acceptors (Lipinski definition) is 3. The van der Waals surface area contributed by atoms with Gasteiger partial charge >= 0.3 is 0 Å². The molecule has 4 nitrogen and oxygen atoms in total. The van der Waals surface area contributed by atoms with Gasteiger partial charge in [0.15, 0.2) is 0 Å². The Balaban J connectivity index is 1.50. The number of carbonyl (C=O) groups excluding carboxylic acids is 1. The molecule has 2 saturated heterocycles. The highest BCUT2D eigenvalue weighted by Gasteiger charge is 2.33. The van der Waals surface area contributed by atoms with Crippen molar-refractivity contribution in [1.29, 1.82) is 0 Å². The van der Waals surface area contributed by atoms with Crippen molar-refractivity contribution in [1.82, 2.24) is 14.5 Å². The Hall–Kier alpha value is -1.75. The highest BCUT2D eigenvalue weighted by atomic mass is 32.2. The molecule has 2 fully saturated rings. The predicted octanol–water partition coefficient (Wildman–Crippen LogP) is 2.70. The van der Waals surface area contributed by atoms with E-state index in [0.717, 1.165) is 24.3 Å². The number of amides is 1. The van der Waals surface area contributed by atoms with E-state index in [0.29, 0.717) is 11.8 Å². The van der Waals surface area contributed by atoms with E-state index >= 15 is 0 Å². The summed E-state index contributed by atoms with van der Waals surface area (Å²) < 4.78 is 1.94. The molecule has 5 heteroatoms. The van der Waals surface area contributed by atoms with Crippen molar-refractivity contribution in [2.75, 3.05) is 24.6 Å². The number of imidazole rings is 1. The SMILES string of the molecule is O=C(c1ccc(-n2ccnc2)cc1)N1CC2CSCC(C2)C1. The highest BCUT2D eigenvalue weighted by Crippen LogP contribution is 2.33. The van der Waals surface area contributed by atoms with Gasteiger partial charge in [-0.2, -0.15) is 11.8 Å². The Morgan fingerprint density at radius 1 is 1.14 bits per heavy atom. The van der Waals surface area contributed by atoms with Crippen molar-refractivity contribution in [3.05, 3.63) is 48.5 Å². The van der Waals surface area contributed by atoms with E-state index in [9.17, 15) is 4.79 Å². The smallest absolute Gasteiger partial charge is 0.253 e. The number of benzene rings is 1. The van der Waals surface area contributed by atoms with Crippen LogP contribution in [0.25, 0.3) is 5.69 Å². The quantitative estimate of drug-likeness (QED) is 0.855. The lowest BCUT2D eigenvalue weighted by molar-refractivity contribution is 0.0622. The molecule has 0 aliphatic carbocycles. The minimum atomic E-state index is 0.179. The Labute approximate surface area is 134 Å². The molecule has 1 aromatic carbocycles. The number of rotatable bonds is 2. The fourth-order valence-electron chi connectivity index (χ4n) is 3.50. The third kappa shape index (κ3) is 2.65. The molecule has 0 radical (unpaired) electrons. The number of fused-ring (bicyclic) bond motifs is 2. The maximum atomic E-state index is 12.7. The van der Waals surface area contributed by atoms with Crippen LogP contribution in [-0.4, -0.2) is 45.0 Å². The van der Waals surface area contributed by atoms with Crippen LogP contribution in [0.2, 0.25) is 0 Å². The van der Waals surface area contributed by atoms with Crippen molar-refractivity contribution in [2.24, 2.45) is 11.8 Å². The monoisotopic (exact) mass is 313 g/mol. The number of likely N-dealkylation sites (tertiary alicyclic amines) is 1. The summed E-state index contributed by atoms with van der Waals surface area (Å²) in [6, 6.07) is 7.82. The van der Waals surface area contributed by atoms with Crippen LogP contribution in [0.3, 0.4) is 0 Å². The number of piperidine rings is 1. The topological polar surface area (TPSA) is 38.1 Å². The average Bonchev–Trinajstić information content (AvgIpc) is 3.08. The maximum Gasteiger partial charge on any atom is 0.253 e. The molecule has 2 aromatic rings. The van der Waals surface area contributed by atoms with Gasteiger partial charge in [-0.05, 0) is 54.0 Å². The lowest BCUT2D eigenvalue weighted by atomic mass is 9.90. The van der Waals surface area contributed by atoms with Gasteiger partial charge in [0.1, 0.15) is 0 Å². The van der Waals surface area contributed by atoms with Gasteiger partial charge in [0, 0.05) is 36.7 Å². The first-order chi connectivity index (χ1) is 10.8. The Kier molecular flexibility index (Phi) is 3.66. The Bertz CT molecular complexity index is 641. The zero-order valence-corrected chi connectivity index (χ0v) is 13.2. The second kappa shape index (κ2) is 5.80. The molecule has 0 spiro atoms. The van der Waals surface area contributed by atoms with Gasteiger partial charge in [-0.25, -0.2) is 4.98 Å². The average molecular weight is 313 g/mol. The molecular weight excluding hydrogens is 294 g/mol. The number of nitrogens with zero attached hydrogens (tertiary/aromatic N) is 3. The molecule has 2 bridgehead atoms. The van der Waals surface area contributed by atoms with Crippen LogP contribution in [0, 0.1) is 11.8 Å². The van der Waals surface area contributed by atoms with Gasteiger partial charge in [-0.15, -0.1) is 0 Å². The first-order valence-electron chi connectivity index (χ1n) is 7.75. The fourth-order valence-corrected chi connectivity index (χ4v) is 4.78. The van der Waals surface area contributed by atoms with E-state index in [-0.39, 0.29) is 5.91 Å². The number of hydrogen-bond donors (Lipinski definition) is 0. The summed E-state index contributed by atoms with van der Waals surface area (Å²) in [4.78, 5) is 18.8. The van der Waals surface area contributed by atoms with Crippen molar-refractivity contribution < 1.29 is 4.79 Å². The first kappa shape index (κ1) is 13.9. The van der Waals surface area contributed by atoms with Crippen LogP contribution in [-0.2, 0) is 0 Å². The Morgan fingerprint density at radius 3 is 2.50 bits per heavy atom. The van der Waals surface area contributed by atoms with E-state index in [1.807, 2.05) is 35.0 Å². The van der Waals surface area contributed by atoms with Gasteiger partial charge in [-0.3, -0.25) is 4.79 Å². The number of aromatic nitrogens is 2. The van der Waals surface area contributed by atoms with E-state index in [1.54, 1.807) is 12.5 Å². The van der Waals surface area contributed by atoms with Crippen molar-refractivity contribution in [2.45, 2.75) is 6.42 Å². The molecule has 1 aromatic heterocycles. The van der Waals surface area contributed by atoms with Gasteiger partial charge in [-0.1, -0.05) is 0 Å². The van der Waals surface area contributed by atoms with Crippen LogP contribution in [0.4, 0.5) is 0 Å². The molecule has 2 unspecified atom stereocenters. The molecule has 22 heavy (non-hydrogen) atoms. The summed E-state index contributed by atoms with van der Waals surface area (Å²) in [7, 11) is 0. The van der Waals surface area contributed by atoms with E-state index in [2.05, 4.69) is 21.6 Å². The molecule has 2 atom stereocenters. The van der Waals surface area contributed by atoms with Gasteiger partial charge in [0.05, 0.1) is 6.33 Å². The second-order valence-electron chi connectivity index (χ2n) is 6.23. The molecule has 0 N–H and O–H groups in total. The molecule has 0 saturated carbocycles. The zero-order valence-electron chi connectivity index (χ0n) is 12.4. The molecule has 2 aliphatic rings.